The van der Waals surface area contributed by atoms with Crippen LogP contribution >= 0.6 is 0 Å². The Morgan fingerprint density at radius 1 is 1.03 bits per heavy atom. The molecular weight excluding hydrogens is 388 g/mol. The Kier molecular flexibility index (Phi) is 4.62. The average Bonchev–Trinajstić information content (AvgIpc) is 3.20. The van der Waals surface area contributed by atoms with E-state index in [9.17, 15) is 4.79 Å². The van der Waals surface area contributed by atoms with Gasteiger partial charge in [0.05, 0.1) is 18.3 Å². The summed E-state index contributed by atoms with van der Waals surface area (Å²) in [6, 6.07) is 21.0. The zero-order valence-corrected chi connectivity index (χ0v) is 18.0. The van der Waals surface area contributed by atoms with Gasteiger partial charge in [0.25, 0.3) is 6.47 Å². The quantitative estimate of drug-likeness (QED) is 0.441. The van der Waals surface area contributed by atoms with Crippen molar-refractivity contribution in [2.45, 2.75) is 25.3 Å². The molecule has 2 aliphatic heterocycles. The number of hydrogen-bond donors (Lipinski definition) is 0. The van der Waals surface area contributed by atoms with E-state index in [-0.39, 0.29) is 11.5 Å². The lowest BCUT2D eigenvalue weighted by molar-refractivity contribution is -0.128. The zero-order chi connectivity index (χ0) is 21.6. The first-order chi connectivity index (χ1) is 15.0. The van der Waals surface area contributed by atoms with Gasteiger partial charge in [-0.1, -0.05) is 56.3 Å². The van der Waals surface area contributed by atoms with Crippen LogP contribution in [0.1, 0.15) is 19.4 Å². The summed E-state index contributed by atoms with van der Waals surface area (Å²) < 4.78 is 11.3. The van der Waals surface area contributed by atoms with Gasteiger partial charge in [0.2, 0.25) is 0 Å². The Labute approximate surface area is 182 Å². The van der Waals surface area contributed by atoms with Crippen molar-refractivity contribution >= 4 is 28.6 Å². The number of rotatable bonds is 5. The second-order valence-electron chi connectivity index (χ2n) is 8.64. The molecule has 2 heterocycles. The van der Waals surface area contributed by atoms with Gasteiger partial charge in [0, 0.05) is 18.2 Å². The molecule has 0 amide bonds. The number of anilines is 2. The van der Waals surface area contributed by atoms with E-state index in [1.165, 1.54) is 22.0 Å². The molecule has 2 aliphatic rings. The molecule has 0 saturated heterocycles. The Morgan fingerprint density at radius 2 is 1.81 bits per heavy atom. The Hall–Kier alpha value is -3.47. The van der Waals surface area contributed by atoms with Gasteiger partial charge in [-0.25, -0.2) is 0 Å². The van der Waals surface area contributed by atoms with Crippen molar-refractivity contribution < 1.29 is 14.3 Å². The van der Waals surface area contributed by atoms with E-state index in [1.54, 1.807) is 0 Å². The monoisotopic (exact) mass is 414 g/mol. The third-order valence-electron chi connectivity index (χ3n) is 6.53. The summed E-state index contributed by atoms with van der Waals surface area (Å²) in [5.41, 5.74) is 3.38. The smallest absolute Gasteiger partial charge is 0.293 e. The molecule has 3 aromatic rings. The Balaban J connectivity index is 1.61. The zero-order valence-electron chi connectivity index (χ0n) is 18.0. The molecule has 0 fully saturated rings. The lowest BCUT2D eigenvalue weighted by atomic mass is 9.78. The third kappa shape index (κ3) is 3.03. The number of carbonyl (C=O) groups excluding carboxylic acids is 1. The molecule has 31 heavy (non-hydrogen) atoms. The highest BCUT2D eigenvalue weighted by Gasteiger charge is 2.45. The minimum Gasteiger partial charge on any atom is -0.466 e. The summed E-state index contributed by atoms with van der Waals surface area (Å²) in [5.74, 6) is 1.68. The van der Waals surface area contributed by atoms with Crippen LogP contribution in [0.5, 0.6) is 5.75 Å². The van der Waals surface area contributed by atoms with Crippen LogP contribution in [0.2, 0.25) is 0 Å². The van der Waals surface area contributed by atoms with Gasteiger partial charge in [-0.05, 0) is 40.6 Å². The van der Waals surface area contributed by atoms with Crippen molar-refractivity contribution in [3.05, 3.63) is 78.2 Å². The van der Waals surface area contributed by atoms with Crippen LogP contribution in [0, 0.1) is 0 Å². The van der Waals surface area contributed by atoms with Gasteiger partial charge < -0.3 is 19.3 Å². The van der Waals surface area contributed by atoms with Crippen LogP contribution in [0.25, 0.3) is 10.8 Å². The van der Waals surface area contributed by atoms with Crippen LogP contribution in [0.15, 0.2) is 72.6 Å². The van der Waals surface area contributed by atoms with Crippen LogP contribution in [0.3, 0.4) is 0 Å². The second-order valence-corrected chi connectivity index (χ2v) is 8.64. The van der Waals surface area contributed by atoms with Crippen LogP contribution in [-0.4, -0.2) is 32.7 Å². The van der Waals surface area contributed by atoms with Gasteiger partial charge >= 0.3 is 0 Å². The lowest BCUT2D eigenvalue weighted by Gasteiger charge is -2.33. The van der Waals surface area contributed by atoms with Crippen LogP contribution in [-0.2, 0) is 14.9 Å². The molecule has 0 aromatic heterocycles. The van der Waals surface area contributed by atoms with Crippen molar-refractivity contribution in [2.75, 3.05) is 30.0 Å². The summed E-state index contributed by atoms with van der Waals surface area (Å²) in [4.78, 5) is 15.2. The highest BCUT2D eigenvalue weighted by Crippen LogP contribution is 2.50. The minimum atomic E-state index is -0.177. The first-order valence-electron chi connectivity index (χ1n) is 10.6. The van der Waals surface area contributed by atoms with Gasteiger partial charge in [-0.15, -0.1) is 0 Å². The molecule has 1 unspecified atom stereocenters. The van der Waals surface area contributed by atoms with E-state index in [4.69, 9.17) is 9.47 Å². The maximum Gasteiger partial charge on any atom is 0.293 e. The molecule has 0 spiro atoms. The van der Waals surface area contributed by atoms with E-state index in [0.717, 1.165) is 17.3 Å². The standard InChI is InChI=1S/C26H26N2O3/c1-26(2)23(16-24-27(3)20-10-6-7-11-22(20)31-24)28(14-15-30-17-29)21-13-12-18-8-4-5-9-19(18)25(21)26/h4-13,16-17,23H,14-15H2,1-3H3/b24-16-. The van der Waals surface area contributed by atoms with Crippen molar-refractivity contribution in [3.8, 4) is 5.75 Å². The van der Waals surface area contributed by atoms with Crippen molar-refractivity contribution in [1.82, 2.24) is 0 Å². The maximum atomic E-state index is 10.8. The fraction of sp³-hybridized carbons (Fsp3) is 0.269. The van der Waals surface area contributed by atoms with Crippen molar-refractivity contribution in [3.63, 3.8) is 0 Å². The number of fused-ring (bicyclic) bond motifs is 4. The summed E-state index contributed by atoms with van der Waals surface area (Å²) in [6.45, 7) is 6.02. The van der Waals surface area contributed by atoms with E-state index < -0.39 is 0 Å². The molecule has 5 heteroatoms. The molecule has 5 nitrogen and oxygen atoms in total. The molecule has 1 atom stereocenters. The molecule has 158 valence electrons. The molecule has 0 bridgehead atoms. The molecule has 3 aromatic carbocycles. The number of hydrogen-bond acceptors (Lipinski definition) is 5. The molecule has 0 saturated carbocycles. The van der Waals surface area contributed by atoms with Gasteiger partial charge in [0.1, 0.15) is 6.61 Å². The topological polar surface area (TPSA) is 42.0 Å². The highest BCUT2D eigenvalue weighted by atomic mass is 16.5. The first-order valence-corrected chi connectivity index (χ1v) is 10.6. The van der Waals surface area contributed by atoms with E-state index in [0.29, 0.717) is 19.6 Å². The maximum absolute atomic E-state index is 10.8. The predicted molar refractivity (Wildman–Crippen MR) is 124 cm³/mol. The molecular formula is C26H26N2O3. The van der Waals surface area contributed by atoms with E-state index >= 15 is 0 Å². The highest BCUT2D eigenvalue weighted by molar-refractivity contribution is 5.93. The van der Waals surface area contributed by atoms with Crippen molar-refractivity contribution in [1.29, 1.82) is 0 Å². The number of nitrogens with zero attached hydrogens (tertiary/aromatic N) is 2. The summed E-state index contributed by atoms with van der Waals surface area (Å²) in [6.07, 6.45) is 2.20. The largest absolute Gasteiger partial charge is 0.466 e. The third-order valence-corrected chi connectivity index (χ3v) is 6.53. The number of carbonyl (C=O) groups is 1. The van der Waals surface area contributed by atoms with Crippen molar-refractivity contribution in [2.24, 2.45) is 0 Å². The summed E-state index contributed by atoms with van der Waals surface area (Å²) in [5, 5.41) is 2.49. The Bertz CT molecular complexity index is 1180. The fourth-order valence-corrected chi connectivity index (χ4v) is 5.02. The van der Waals surface area contributed by atoms with Gasteiger partial charge in [-0.2, -0.15) is 0 Å². The summed E-state index contributed by atoms with van der Waals surface area (Å²) in [7, 11) is 2.03. The Morgan fingerprint density at radius 3 is 2.61 bits per heavy atom. The molecule has 0 radical (unpaired) electrons. The predicted octanol–water partition coefficient (Wildman–Crippen LogP) is 4.85. The average molecular weight is 415 g/mol. The fourth-order valence-electron chi connectivity index (χ4n) is 5.02. The number of benzene rings is 3. The lowest BCUT2D eigenvalue weighted by Crippen LogP contribution is -2.42. The molecule has 0 N–H and O–H groups in total. The van der Waals surface area contributed by atoms with E-state index in [2.05, 4.69) is 72.2 Å². The summed E-state index contributed by atoms with van der Waals surface area (Å²) >= 11 is 0. The number of ether oxygens (including phenoxy) is 2. The van der Waals surface area contributed by atoms with Crippen LogP contribution in [0.4, 0.5) is 11.4 Å². The van der Waals surface area contributed by atoms with E-state index in [1.807, 2.05) is 25.2 Å². The number of para-hydroxylation sites is 2. The van der Waals surface area contributed by atoms with Gasteiger partial charge in [-0.3, -0.25) is 4.79 Å². The second kappa shape index (κ2) is 7.34. The molecule has 5 rings (SSSR count). The first kappa shape index (κ1) is 19.5. The van der Waals surface area contributed by atoms with Gasteiger partial charge in [0.15, 0.2) is 11.6 Å². The normalized spacial score (nSPS) is 20.0. The van der Waals surface area contributed by atoms with Crippen LogP contribution < -0.4 is 14.5 Å². The molecule has 0 aliphatic carbocycles. The minimum absolute atomic E-state index is 0.0373. The SMILES string of the molecule is CN1/C(=C/C2N(CCOC=O)c3ccc4ccccc4c3C2(C)C)Oc2ccccc21.